The number of amides is 2. The molecule has 3 rings (SSSR count). The van der Waals surface area contributed by atoms with Crippen LogP contribution in [0.4, 0.5) is 5.69 Å². The van der Waals surface area contributed by atoms with Gasteiger partial charge in [-0.15, -0.1) is 17.5 Å². The summed E-state index contributed by atoms with van der Waals surface area (Å²) in [5.74, 6) is -0.428. The van der Waals surface area contributed by atoms with Gasteiger partial charge in [0.25, 0.3) is 11.8 Å². The Morgan fingerprint density at radius 2 is 1.89 bits per heavy atom. The minimum absolute atomic E-state index is 0. The molecule has 8 nitrogen and oxygen atoms in total. The number of benzene rings is 1. The van der Waals surface area contributed by atoms with Gasteiger partial charge < -0.3 is 16.0 Å². The molecule has 3 N–H and O–H groups in total. The normalized spacial score (nSPS) is 14.3. The second-order valence-electron chi connectivity index (χ2n) is 6.35. The summed E-state index contributed by atoms with van der Waals surface area (Å²) in [5.41, 5.74) is 1.46. The summed E-state index contributed by atoms with van der Waals surface area (Å²) in [4.78, 5) is 24.2. The molecule has 1 fully saturated rings. The molecule has 0 unspecified atom stereocenters. The molecule has 2 heterocycles. The molecule has 0 saturated carbocycles. The van der Waals surface area contributed by atoms with Crippen LogP contribution in [0.15, 0.2) is 30.5 Å². The number of carbonyl (C=O) groups excluding carboxylic acids is 2. The van der Waals surface area contributed by atoms with Crippen molar-refractivity contribution in [3.05, 3.63) is 41.7 Å². The lowest BCUT2D eigenvalue weighted by molar-refractivity contribution is 0.0953. The highest BCUT2D eigenvalue weighted by atomic mass is 35.5. The van der Waals surface area contributed by atoms with Gasteiger partial charge in [0.2, 0.25) is 0 Å². The van der Waals surface area contributed by atoms with Crippen molar-refractivity contribution in [2.45, 2.75) is 32.2 Å². The predicted molar refractivity (Wildman–Crippen MR) is 105 cm³/mol. The SMILES string of the molecule is CCCNC(=O)c1ccc(NC(=O)c2cn(C3CCNCC3)nn2)cc1.Cl. The van der Waals surface area contributed by atoms with Crippen LogP contribution in [-0.2, 0) is 0 Å². The zero-order valence-corrected chi connectivity index (χ0v) is 16.1. The van der Waals surface area contributed by atoms with Crippen molar-refractivity contribution in [3.63, 3.8) is 0 Å². The molecular formula is C18H25ClN6O2. The maximum atomic E-state index is 12.4. The summed E-state index contributed by atoms with van der Waals surface area (Å²) in [6.45, 7) is 4.54. The van der Waals surface area contributed by atoms with Crippen molar-refractivity contribution in [2.24, 2.45) is 0 Å². The molecule has 1 aliphatic rings. The first-order valence-electron chi connectivity index (χ1n) is 8.99. The van der Waals surface area contributed by atoms with Gasteiger partial charge in [-0.05, 0) is 56.6 Å². The smallest absolute Gasteiger partial charge is 0.277 e. The van der Waals surface area contributed by atoms with Crippen molar-refractivity contribution in [3.8, 4) is 0 Å². The van der Waals surface area contributed by atoms with Gasteiger partial charge in [0.05, 0.1) is 12.2 Å². The van der Waals surface area contributed by atoms with Crippen LogP contribution in [0.1, 0.15) is 53.1 Å². The molecule has 1 saturated heterocycles. The molecule has 0 spiro atoms. The Kier molecular flexibility index (Phi) is 7.75. The lowest BCUT2D eigenvalue weighted by atomic mass is 10.1. The Balaban J connectivity index is 0.00000261. The summed E-state index contributed by atoms with van der Waals surface area (Å²) in [7, 11) is 0. The highest BCUT2D eigenvalue weighted by Gasteiger charge is 2.18. The van der Waals surface area contributed by atoms with Gasteiger partial charge in [0.1, 0.15) is 0 Å². The first kappa shape index (κ1) is 20.9. The van der Waals surface area contributed by atoms with Crippen LogP contribution < -0.4 is 16.0 Å². The Hall–Kier alpha value is -2.45. The van der Waals surface area contributed by atoms with Gasteiger partial charge >= 0.3 is 0 Å². The zero-order chi connectivity index (χ0) is 18.4. The fourth-order valence-corrected chi connectivity index (χ4v) is 2.87. The number of piperidine rings is 1. The minimum Gasteiger partial charge on any atom is -0.352 e. The summed E-state index contributed by atoms with van der Waals surface area (Å²) in [6, 6.07) is 7.07. The molecule has 146 valence electrons. The minimum atomic E-state index is -0.312. The van der Waals surface area contributed by atoms with Gasteiger partial charge in [-0.3, -0.25) is 9.59 Å². The van der Waals surface area contributed by atoms with Crippen LogP contribution in [0.3, 0.4) is 0 Å². The number of nitrogens with one attached hydrogen (secondary N) is 3. The van der Waals surface area contributed by atoms with Gasteiger partial charge in [0.15, 0.2) is 5.69 Å². The molecule has 0 bridgehead atoms. The van der Waals surface area contributed by atoms with Crippen molar-refractivity contribution in [2.75, 3.05) is 25.0 Å². The number of aromatic nitrogens is 3. The van der Waals surface area contributed by atoms with E-state index in [-0.39, 0.29) is 36.0 Å². The van der Waals surface area contributed by atoms with E-state index in [0.717, 1.165) is 32.4 Å². The molecule has 1 aromatic heterocycles. The highest BCUT2D eigenvalue weighted by molar-refractivity contribution is 6.03. The third-order valence-electron chi connectivity index (χ3n) is 4.37. The monoisotopic (exact) mass is 392 g/mol. The first-order valence-corrected chi connectivity index (χ1v) is 8.99. The van der Waals surface area contributed by atoms with Crippen LogP contribution >= 0.6 is 12.4 Å². The van der Waals surface area contributed by atoms with E-state index in [1.54, 1.807) is 35.1 Å². The second-order valence-corrected chi connectivity index (χ2v) is 6.35. The molecule has 27 heavy (non-hydrogen) atoms. The van der Waals surface area contributed by atoms with E-state index in [9.17, 15) is 9.59 Å². The van der Waals surface area contributed by atoms with E-state index >= 15 is 0 Å². The third kappa shape index (κ3) is 5.51. The summed E-state index contributed by atoms with van der Waals surface area (Å²) >= 11 is 0. The molecule has 1 aliphatic heterocycles. The molecular weight excluding hydrogens is 368 g/mol. The van der Waals surface area contributed by atoms with E-state index in [2.05, 4.69) is 26.3 Å². The summed E-state index contributed by atoms with van der Waals surface area (Å²) in [5, 5.41) is 17.0. The lowest BCUT2D eigenvalue weighted by Crippen LogP contribution is -2.29. The second kappa shape index (κ2) is 10.0. The Labute approximate surface area is 164 Å². The van der Waals surface area contributed by atoms with Gasteiger partial charge in [-0.1, -0.05) is 12.1 Å². The van der Waals surface area contributed by atoms with Crippen LogP contribution in [-0.4, -0.2) is 46.4 Å². The van der Waals surface area contributed by atoms with Crippen molar-refractivity contribution >= 4 is 29.9 Å². The molecule has 1 aromatic carbocycles. The number of hydrogen-bond acceptors (Lipinski definition) is 5. The fourth-order valence-electron chi connectivity index (χ4n) is 2.87. The molecule has 0 aliphatic carbocycles. The van der Waals surface area contributed by atoms with Crippen LogP contribution in [0, 0.1) is 0 Å². The van der Waals surface area contributed by atoms with E-state index in [1.807, 2.05) is 6.92 Å². The van der Waals surface area contributed by atoms with Crippen LogP contribution in [0.25, 0.3) is 0 Å². The average Bonchev–Trinajstić information content (AvgIpc) is 3.18. The van der Waals surface area contributed by atoms with Crippen molar-refractivity contribution < 1.29 is 9.59 Å². The highest BCUT2D eigenvalue weighted by Crippen LogP contribution is 2.17. The summed E-state index contributed by atoms with van der Waals surface area (Å²) < 4.78 is 1.77. The number of nitrogens with zero attached hydrogens (tertiary/aromatic N) is 3. The lowest BCUT2D eigenvalue weighted by Gasteiger charge is -2.22. The maximum Gasteiger partial charge on any atom is 0.277 e. The predicted octanol–water partition coefficient (Wildman–Crippen LogP) is 2.02. The number of hydrogen-bond donors (Lipinski definition) is 3. The van der Waals surface area contributed by atoms with Gasteiger partial charge in [-0.2, -0.15) is 0 Å². The maximum absolute atomic E-state index is 12.4. The average molecular weight is 393 g/mol. The van der Waals surface area contributed by atoms with Gasteiger partial charge in [0, 0.05) is 17.8 Å². The molecule has 2 aromatic rings. The first-order chi connectivity index (χ1) is 12.7. The number of carbonyl (C=O) groups is 2. The Morgan fingerprint density at radius 3 is 2.56 bits per heavy atom. The van der Waals surface area contributed by atoms with E-state index in [1.165, 1.54) is 0 Å². The van der Waals surface area contributed by atoms with E-state index in [4.69, 9.17) is 0 Å². The largest absolute Gasteiger partial charge is 0.352 e. The fraction of sp³-hybridized carbons (Fsp3) is 0.444. The van der Waals surface area contributed by atoms with E-state index in [0.29, 0.717) is 17.8 Å². The Bertz CT molecular complexity index is 755. The Morgan fingerprint density at radius 1 is 1.19 bits per heavy atom. The summed E-state index contributed by atoms with van der Waals surface area (Å²) in [6.07, 6.45) is 4.54. The number of anilines is 1. The molecule has 0 atom stereocenters. The van der Waals surface area contributed by atoms with Gasteiger partial charge in [-0.25, -0.2) is 4.68 Å². The molecule has 2 amide bonds. The zero-order valence-electron chi connectivity index (χ0n) is 15.3. The number of rotatable bonds is 6. The number of halogens is 1. The topological polar surface area (TPSA) is 101 Å². The van der Waals surface area contributed by atoms with Crippen LogP contribution in [0.2, 0.25) is 0 Å². The van der Waals surface area contributed by atoms with Crippen molar-refractivity contribution in [1.29, 1.82) is 0 Å². The standard InChI is InChI=1S/C18H24N6O2.ClH/c1-2-9-20-17(25)13-3-5-14(6-4-13)21-18(26)16-12-24(23-22-16)15-7-10-19-11-8-15;/h3-6,12,15,19H,2,7-11H2,1H3,(H,20,25)(H,21,26);1H. The molecule has 9 heteroatoms. The van der Waals surface area contributed by atoms with Crippen molar-refractivity contribution in [1.82, 2.24) is 25.6 Å². The van der Waals surface area contributed by atoms with E-state index < -0.39 is 0 Å². The quantitative estimate of drug-likeness (QED) is 0.698. The third-order valence-corrected chi connectivity index (χ3v) is 4.37. The molecule has 0 radical (unpaired) electrons. The van der Waals surface area contributed by atoms with Crippen LogP contribution in [0.5, 0.6) is 0 Å².